The quantitative estimate of drug-likeness (QED) is 0.633. The van der Waals surface area contributed by atoms with E-state index in [1.165, 1.54) is 45.3 Å². The Morgan fingerprint density at radius 1 is 1.03 bits per heavy atom. The zero-order chi connectivity index (χ0) is 21.4. The van der Waals surface area contributed by atoms with Crippen molar-refractivity contribution in [3.8, 4) is 0 Å². The Labute approximate surface area is 183 Å². The van der Waals surface area contributed by atoms with Gasteiger partial charge in [-0.25, -0.2) is 0 Å². The van der Waals surface area contributed by atoms with Crippen molar-refractivity contribution in [1.29, 1.82) is 0 Å². The average Bonchev–Trinajstić information content (AvgIpc) is 3.19. The lowest BCUT2D eigenvalue weighted by atomic mass is 9.94. The Hall–Kier alpha value is -2.25. The van der Waals surface area contributed by atoms with E-state index in [1.807, 2.05) is 31.2 Å². The summed E-state index contributed by atoms with van der Waals surface area (Å²) in [6.45, 7) is 11.7. The molecule has 166 valence electrons. The third-order valence-electron chi connectivity index (χ3n) is 7.25. The van der Waals surface area contributed by atoms with Crippen LogP contribution >= 0.6 is 0 Å². The molecule has 31 heavy (non-hydrogen) atoms. The molecule has 7 nitrogen and oxygen atoms in total. The number of fused-ring (bicyclic) bond motifs is 3. The van der Waals surface area contributed by atoms with Crippen LogP contribution in [-0.4, -0.2) is 61.7 Å². The molecule has 2 aliphatic heterocycles. The fourth-order valence-electron chi connectivity index (χ4n) is 5.46. The maximum atomic E-state index is 12.9. The van der Waals surface area contributed by atoms with E-state index in [4.69, 9.17) is 0 Å². The Bertz CT molecular complexity index is 1110. The normalized spacial score (nSPS) is 21.9. The summed E-state index contributed by atoms with van der Waals surface area (Å²) < 4.78 is 3.82. The highest BCUT2D eigenvalue weighted by Crippen LogP contribution is 2.23. The summed E-state index contributed by atoms with van der Waals surface area (Å²) in [5.74, 6) is 3.20. The summed E-state index contributed by atoms with van der Waals surface area (Å²) in [6.07, 6.45) is 5.25. The van der Waals surface area contributed by atoms with E-state index in [1.54, 1.807) is 4.57 Å². The van der Waals surface area contributed by atoms with Gasteiger partial charge in [0.2, 0.25) is 5.78 Å². The first-order valence-electron chi connectivity index (χ1n) is 11.9. The second-order valence-corrected chi connectivity index (χ2v) is 9.54. The van der Waals surface area contributed by atoms with E-state index >= 15 is 0 Å². The van der Waals surface area contributed by atoms with Crippen molar-refractivity contribution in [2.45, 2.75) is 52.6 Å². The number of rotatable bonds is 5. The lowest BCUT2D eigenvalue weighted by molar-refractivity contribution is 0.107. The molecule has 0 N–H and O–H groups in total. The molecule has 0 bridgehead atoms. The van der Waals surface area contributed by atoms with Gasteiger partial charge in [-0.1, -0.05) is 19.1 Å². The van der Waals surface area contributed by atoms with Crippen LogP contribution in [0.25, 0.3) is 16.7 Å². The van der Waals surface area contributed by atoms with Gasteiger partial charge in [0.1, 0.15) is 0 Å². The van der Waals surface area contributed by atoms with Crippen LogP contribution in [0, 0.1) is 11.8 Å². The van der Waals surface area contributed by atoms with Crippen molar-refractivity contribution < 1.29 is 0 Å². The van der Waals surface area contributed by atoms with Gasteiger partial charge in [0.25, 0.3) is 5.56 Å². The van der Waals surface area contributed by atoms with Crippen molar-refractivity contribution >= 4 is 16.7 Å². The molecule has 0 saturated carbocycles. The maximum Gasteiger partial charge on any atom is 0.262 e. The molecule has 5 rings (SSSR count). The molecule has 0 radical (unpaired) electrons. The van der Waals surface area contributed by atoms with Gasteiger partial charge in [-0.2, -0.15) is 0 Å². The minimum atomic E-state index is 0.0124. The van der Waals surface area contributed by atoms with Gasteiger partial charge in [0, 0.05) is 19.6 Å². The predicted octanol–water partition coefficient (Wildman–Crippen LogP) is 3.01. The van der Waals surface area contributed by atoms with Crippen molar-refractivity contribution in [2.24, 2.45) is 11.8 Å². The summed E-state index contributed by atoms with van der Waals surface area (Å²) >= 11 is 0. The third-order valence-corrected chi connectivity index (χ3v) is 7.25. The molecule has 2 aromatic heterocycles. The van der Waals surface area contributed by atoms with Crippen molar-refractivity contribution in [2.75, 3.05) is 32.7 Å². The third kappa shape index (κ3) is 4.01. The van der Waals surface area contributed by atoms with Crippen LogP contribution < -0.4 is 5.56 Å². The van der Waals surface area contributed by atoms with Gasteiger partial charge in [0.15, 0.2) is 5.82 Å². The van der Waals surface area contributed by atoms with E-state index in [0.717, 1.165) is 48.2 Å². The molecule has 0 amide bonds. The highest BCUT2D eigenvalue weighted by molar-refractivity contribution is 5.80. The fraction of sp³-hybridized carbons (Fsp3) is 0.625. The number of hydrogen-bond donors (Lipinski definition) is 0. The predicted molar refractivity (Wildman–Crippen MR) is 123 cm³/mol. The number of likely N-dealkylation sites (tertiary alicyclic amines) is 2. The molecular weight excluding hydrogens is 388 g/mol. The maximum absolute atomic E-state index is 12.9. The van der Waals surface area contributed by atoms with Gasteiger partial charge >= 0.3 is 0 Å². The smallest absolute Gasteiger partial charge is 0.262 e. The van der Waals surface area contributed by atoms with Crippen LogP contribution in [0.3, 0.4) is 0 Å². The Balaban J connectivity index is 1.38. The Morgan fingerprint density at radius 3 is 2.65 bits per heavy atom. The number of aryl methyl sites for hydroxylation is 1. The van der Waals surface area contributed by atoms with Gasteiger partial charge < -0.3 is 4.90 Å². The molecule has 2 aliphatic rings. The van der Waals surface area contributed by atoms with Crippen LogP contribution in [0.15, 0.2) is 29.1 Å². The lowest BCUT2D eigenvalue weighted by Crippen LogP contribution is -2.43. The van der Waals surface area contributed by atoms with E-state index < -0.39 is 0 Å². The lowest BCUT2D eigenvalue weighted by Gasteiger charge is -2.37. The van der Waals surface area contributed by atoms with Crippen LogP contribution in [0.5, 0.6) is 0 Å². The number of aromatic nitrogens is 4. The van der Waals surface area contributed by atoms with E-state index in [9.17, 15) is 4.79 Å². The molecule has 7 heteroatoms. The number of para-hydroxylation sites is 1. The molecule has 2 saturated heterocycles. The second kappa shape index (κ2) is 8.71. The monoisotopic (exact) mass is 422 g/mol. The molecule has 4 heterocycles. The highest BCUT2D eigenvalue weighted by Gasteiger charge is 2.25. The van der Waals surface area contributed by atoms with Crippen LogP contribution in [0.1, 0.15) is 45.4 Å². The molecule has 1 aromatic carbocycles. The SMILES string of the molecule is CCn1c(=O)c2ccccc2n2c(CN3CCCC(CN4CCC(C)CC4)C3)nnc12. The highest BCUT2D eigenvalue weighted by atomic mass is 16.1. The number of benzene rings is 1. The summed E-state index contributed by atoms with van der Waals surface area (Å²) in [5.41, 5.74) is 0.918. The largest absolute Gasteiger partial charge is 0.303 e. The summed E-state index contributed by atoms with van der Waals surface area (Å²) in [5, 5.41) is 9.70. The Morgan fingerprint density at radius 2 is 1.84 bits per heavy atom. The molecule has 3 aromatic rings. The minimum absolute atomic E-state index is 0.0124. The van der Waals surface area contributed by atoms with Gasteiger partial charge in [-0.15, -0.1) is 10.2 Å². The van der Waals surface area contributed by atoms with Crippen LogP contribution in [0.2, 0.25) is 0 Å². The van der Waals surface area contributed by atoms with Crippen molar-refractivity contribution in [3.05, 3.63) is 40.4 Å². The van der Waals surface area contributed by atoms with Gasteiger partial charge in [-0.3, -0.25) is 18.7 Å². The Kier molecular flexibility index (Phi) is 5.80. The zero-order valence-electron chi connectivity index (χ0n) is 18.8. The van der Waals surface area contributed by atoms with E-state index in [2.05, 4.69) is 31.3 Å². The number of nitrogens with zero attached hydrogens (tertiary/aromatic N) is 6. The molecule has 0 spiro atoms. The number of piperidine rings is 2. The van der Waals surface area contributed by atoms with Crippen molar-refractivity contribution in [3.63, 3.8) is 0 Å². The van der Waals surface area contributed by atoms with E-state index in [-0.39, 0.29) is 5.56 Å². The second-order valence-electron chi connectivity index (χ2n) is 9.54. The molecule has 2 fully saturated rings. The van der Waals surface area contributed by atoms with Gasteiger partial charge in [0.05, 0.1) is 17.4 Å². The molecule has 0 aliphatic carbocycles. The average molecular weight is 423 g/mol. The first-order chi connectivity index (χ1) is 15.1. The van der Waals surface area contributed by atoms with Crippen LogP contribution in [0.4, 0.5) is 0 Å². The topological polar surface area (TPSA) is 58.7 Å². The first kappa shape index (κ1) is 20.6. The summed E-state index contributed by atoms with van der Waals surface area (Å²) in [6, 6.07) is 7.82. The molecular formula is C24H34N6O. The molecule has 1 atom stereocenters. The van der Waals surface area contributed by atoms with Gasteiger partial charge in [-0.05, 0) is 76.2 Å². The van der Waals surface area contributed by atoms with Crippen LogP contribution in [-0.2, 0) is 13.1 Å². The zero-order valence-corrected chi connectivity index (χ0v) is 18.8. The van der Waals surface area contributed by atoms with E-state index in [0.29, 0.717) is 12.3 Å². The summed E-state index contributed by atoms with van der Waals surface area (Å²) in [4.78, 5) is 18.1. The standard InChI is InChI=1S/C24H34N6O/c1-3-29-23(31)20-8-4-5-9-21(20)30-22(25-26-24(29)30)17-28-12-6-7-19(16-28)15-27-13-10-18(2)11-14-27/h4-5,8-9,18-19H,3,6-7,10-17H2,1-2H3. The molecule has 1 unspecified atom stereocenters. The summed E-state index contributed by atoms with van der Waals surface area (Å²) in [7, 11) is 0. The first-order valence-corrected chi connectivity index (χ1v) is 11.9. The van der Waals surface area contributed by atoms with Crippen molar-refractivity contribution in [1.82, 2.24) is 29.0 Å². The number of hydrogen-bond acceptors (Lipinski definition) is 5. The minimum Gasteiger partial charge on any atom is -0.303 e. The fourth-order valence-corrected chi connectivity index (χ4v) is 5.46.